The van der Waals surface area contributed by atoms with E-state index in [2.05, 4.69) is 141 Å². The molecule has 0 spiro atoms. The second-order valence-corrected chi connectivity index (χ2v) is 10.2. The van der Waals surface area contributed by atoms with Gasteiger partial charge in [0.2, 0.25) is 11.0 Å². The summed E-state index contributed by atoms with van der Waals surface area (Å²) in [7, 11) is 0. The van der Waals surface area contributed by atoms with Crippen molar-refractivity contribution in [3.05, 3.63) is 153 Å². The van der Waals surface area contributed by atoms with Gasteiger partial charge in [0.05, 0.1) is 0 Å². The summed E-state index contributed by atoms with van der Waals surface area (Å²) in [5, 5.41) is 7.60. The number of benzene rings is 3. The Hall–Kier alpha value is -4.04. The van der Waals surface area contributed by atoms with Crippen LogP contribution in [0.3, 0.4) is 0 Å². The van der Waals surface area contributed by atoms with Gasteiger partial charge in [-0.25, -0.2) is 0 Å². The van der Waals surface area contributed by atoms with Crippen LogP contribution in [0.5, 0.6) is 0 Å². The van der Waals surface area contributed by atoms with Crippen molar-refractivity contribution in [1.29, 1.82) is 0 Å². The molecule has 38 heavy (non-hydrogen) atoms. The number of para-hydroxylation sites is 1. The van der Waals surface area contributed by atoms with Gasteiger partial charge in [0.25, 0.3) is 0 Å². The number of aryl methyl sites for hydroxylation is 3. The van der Waals surface area contributed by atoms with Gasteiger partial charge in [0.1, 0.15) is 12.8 Å². The third kappa shape index (κ3) is 5.04. The molecule has 1 N–H and O–H groups in total. The molecule has 0 bridgehead atoms. The van der Waals surface area contributed by atoms with E-state index >= 15 is 0 Å². The molecule has 0 radical (unpaired) electrons. The van der Waals surface area contributed by atoms with Crippen molar-refractivity contribution >= 4 is 11.8 Å². The van der Waals surface area contributed by atoms with E-state index in [4.69, 9.17) is 0 Å². The first kappa shape index (κ1) is 25.6. The molecule has 2 heteroatoms. The van der Waals surface area contributed by atoms with Crippen LogP contribution >= 0.6 is 0 Å². The molecule has 0 fully saturated rings. The van der Waals surface area contributed by atoms with E-state index < -0.39 is 0 Å². The van der Waals surface area contributed by atoms with Gasteiger partial charge in [0, 0.05) is 23.0 Å². The van der Waals surface area contributed by atoms with Crippen molar-refractivity contribution in [2.45, 2.75) is 52.5 Å². The van der Waals surface area contributed by atoms with E-state index in [-0.39, 0.29) is 6.04 Å². The first-order valence-electron chi connectivity index (χ1n) is 13.9. The number of rotatable bonds is 8. The van der Waals surface area contributed by atoms with Crippen LogP contribution in [0.1, 0.15) is 66.2 Å². The summed E-state index contributed by atoms with van der Waals surface area (Å²) in [6.45, 7) is 11.3. The summed E-state index contributed by atoms with van der Waals surface area (Å²) in [6.07, 6.45) is 12.9. The minimum absolute atomic E-state index is 0.0442. The normalized spacial score (nSPS) is 13.8. The van der Waals surface area contributed by atoms with Gasteiger partial charge in [0.15, 0.2) is 0 Å². The lowest BCUT2D eigenvalue weighted by Gasteiger charge is -2.24. The van der Waals surface area contributed by atoms with Crippen LogP contribution in [-0.4, -0.2) is 0 Å². The molecule has 1 aliphatic rings. The quantitative estimate of drug-likeness (QED) is 0.201. The predicted octanol–water partition coefficient (Wildman–Crippen LogP) is 7.22. The molecule has 192 valence electrons. The van der Waals surface area contributed by atoms with E-state index in [1.54, 1.807) is 0 Å². The van der Waals surface area contributed by atoms with Crippen molar-refractivity contribution in [3.63, 3.8) is 0 Å². The Morgan fingerprint density at radius 2 is 1.55 bits per heavy atom. The topological polar surface area (TPSA) is 17.9 Å². The predicted molar refractivity (Wildman–Crippen MR) is 159 cm³/mol. The molecule has 1 atom stereocenters. The molecule has 3 aromatic carbocycles. The number of pyridine rings is 1. The second-order valence-electron chi connectivity index (χ2n) is 10.2. The lowest BCUT2D eigenvalue weighted by Crippen LogP contribution is -2.31. The number of anilines is 1. The van der Waals surface area contributed by atoms with Crippen molar-refractivity contribution < 1.29 is 4.24 Å². The maximum atomic E-state index is 4.62. The van der Waals surface area contributed by atoms with Crippen LogP contribution in [0.15, 0.2) is 91.0 Å². The second kappa shape index (κ2) is 11.6. The molecule has 1 heterocycles. The first-order valence-corrected chi connectivity index (χ1v) is 13.9. The Kier molecular flexibility index (Phi) is 7.79. The average molecular weight is 499 g/mol. The number of hydrogen-bond acceptors (Lipinski definition) is 1. The summed E-state index contributed by atoms with van der Waals surface area (Å²) in [4.78, 5) is 0. The minimum atomic E-state index is -0.0442. The van der Waals surface area contributed by atoms with Crippen molar-refractivity contribution in [1.82, 2.24) is 0 Å². The van der Waals surface area contributed by atoms with Crippen LogP contribution in [0, 0.1) is 30.6 Å². The summed E-state index contributed by atoms with van der Waals surface area (Å²) in [5.41, 5.74) is 8.97. The highest BCUT2D eigenvalue weighted by Gasteiger charge is 2.25. The number of nitrogens with one attached hydrogen (secondary N) is 1. The zero-order valence-electron chi connectivity index (χ0n) is 22.9. The van der Waals surface area contributed by atoms with Gasteiger partial charge in [-0.05, 0) is 48.1 Å². The molecule has 1 aliphatic carbocycles. The van der Waals surface area contributed by atoms with Crippen LogP contribution in [0.2, 0.25) is 0 Å². The molecule has 1 unspecified atom stereocenters. The highest BCUT2D eigenvalue weighted by atomic mass is 15.0. The minimum Gasteiger partial charge on any atom is -0.369 e. The van der Waals surface area contributed by atoms with E-state index in [9.17, 15) is 0 Å². The van der Waals surface area contributed by atoms with E-state index in [1.165, 1.54) is 43.9 Å². The monoisotopic (exact) mass is 498 g/mol. The fourth-order valence-electron chi connectivity index (χ4n) is 5.65. The maximum absolute atomic E-state index is 4.62. The highest BCUT2D eigenvalue weighted by Crippen LogP contribution is 2.32. The largest absolute Gasteiger partial charge is 0.369 e. The highest BCUT2D eigenvalue weighted by molar-refractivity contribution is 5.60. The van der Waals surface area contributed by atoms with Gasteiger partial charge < -0.3 is 5.32 Å². The Labute approximate surface area is 227 Å². The summed E-state index contributed by atoms with van der Waals surface area (Å²) >= 11 is 0. The average Bonchev–Trinajstić information content (AvgIpc) is 2.94. The summed E-state index contributed by atoms with van der Waals surface area (Å²) in [5.74, 6) is 0. The molecule has 0 aliphatic heterocycles. The van der Waals surface area contributed by atoms with Crippen molar-refractivity contribution in [3.8, 4) is 0 Å². The standard InChI is InChI=1S/C36H38N2/c1-5-14-28-19-11-20-29(15-6-2)35(28)37-36(30-21-9-7-16-26(30)3)34-25-13-24-33(38(34)4)32-23-12-18-27-17-8-10-22-31(27)32/h7-13,16-25,36-37H,4-6,14-15H2,1-3H3. The molecule has 0 saturated carbocycles. The number of hydrogen-bond donors (Lipinski definition) is 1. The number of nitrogens with zero attached hydrogens (tertiary/aromatic N) is 1. The Balaban J connectivity index is 1.77. The Morgan fingerprint density at radius 1 is 0.842 bits per heavy atom. The molecule has 0 amide bonds. The van der Waals surface area contributed by atoms with Crippen LogP contribution in [-0.2, 0) is 12.8 Å². The molecule has 2 nitrogen and oxygen atoms in total. The van der Waals surface area contributed by atoms with Gasteiger partial charge in [-0.3, -0.25) is 0 Å². The number of fused-ring (bicyclic) bond motifs is 1. The van der Waals surface area contributed by atoms with Crippen molar-refractivity contribution in [2.75, 3.05) is 5.32 Å². The molecule has 1 aromatic heterocycles. The first-order chi connectivity index (χ1) is 18.6. The molecule has 0 saturated heterocycles. The van der Waals surface area contributed by atoms with Gasteiger partial charge in [-0.2, -0.15) is 4.24 Å². The summed E-state index contributed by atoms with van der Waals surface area (Å²) < 4.78 is 2.13. The third-order valence-corrected chi connectivity index (χ3v) is 7.55. The lowest BCUT2D eigenvalue weighted by molar-refractivity contribution is -0.520. The fraction of sp³-hybridized carbons (Fsp3) is 0.222. The number of allylic oxidation sites excluding steroid dienone is 2. The number of aromatic nitrogens is 1. The maximum Gasteiger partial charge on any atom is 0.213 e. The molecule has 5 rings (SSSR count). The zero-order chi connectivity index (χ0) is 26.5. The Bertz CT molecular complexity index is 1660. The van der Waals surface area contributed by atoms with E-state index in [1.807, 2.05) is 0 Å². The molecular weight excluding hydrogens is 460 g/mol. The van der Waals surface area contributed by atoms with Gasteiger partial charge in [-0.15, -0.1) is 42.3 Å². The third-order valence-electron chi connectivity index (χ3n) is 7.55. The molecular formula is C36H38N2. The van der Waals surface area contributed by atoms with Gasteiger partial charge in [-0.1, -0.05) is 80.4 Å². The SMILES string of the molecule is C=[n+]1c(C(Nc2c(CCC)cccc2CCC)c2ccccc2C)cccc1=c1cccc2c1=CC=C[CH-]2. The molecule has 4 aromatic rings. The summed E-state index contributed by atoms with van der Waals surface area (Å²) in [6, 6.07) is 28.5. The van der Waals surface area contributed by atoms with Crippen LogP contribution in [0.25, 0.3) is 6.08 Å². The zero-order valence-corrected chi connectivity index (χ0v) is 22.9. The van der Waals surface area contributed by atoms with E-state index in [0.29, 0.717) is 0 Å². The van der Waals surface area contributed by atoms with Crippen molar-refractivity contribution in [2.24, 2.45) is 0 Å². The smallest absolute Gasteiger partial charge is 0.213 e. The van der Waals surface area contributed by atoms with Gasteiger partial charge >= 0.3 is 0 Å². The fourth-order valence-corrected chi connectivity index (χ4v) is 5.65. The lowest BCUT2D eigenvalue weighted by atomic mass is 9.94. The van der Waals surface area contributed by atoms with E-state index in [0.717, 1.165) is 36.7 Å². The van der Waals surface area contributed by atoms with Crippen LogP contribution in [0.4, 0.5) is 5.69 Å². The van der Waals surface area contributed by atoms with Crippen LogP contribution < -0.4 is 14.8 Å². The Morgan fingerprint density at radius 3 is 2.29 bits per heavy atom.